The molecule has 5 nitrogen and oxygen atoms in total. The Hall–Kier alpha value is -2.03. The topological polar surface area (TPSA) is 71.5 Å². The van der Waals surface area contributed by atoms with E-state index in [1.165, 1.54) is 28.0 Å². The maximum absolute atomic E-state index is 12.5. The summed E-state index contributed by atoms with van der Waals surface area (Å²) in [7, 11) is 0. The first-order chi connectivity index (χ1) is 11.7. The minimum atomic E-state index is -0.0908. The fraction of sp³-hybridized carbons (Fsp3) is 0.125. The average molecular weight is 373 g/mol. The monoisotopic (exact) mass is 372 g/mol. The second-order valence-electron chi connectivity index (χ2n) is 5.07. The molecule has 0 unspecified atom stereocenters. The number of rotatable bonds is 4. The summed E-state index contributed by atoms with van der Waals surface area (Å²) in [5, 5.41) is 3.35. The Balaban J connectivity index is 1.67. The maximum atomic E-state index is 12.5. The molecular formula is C16H12N4OS3. The Kier molecular flexibility index (Phi) is 4.17. The third-order valence-electron chi connectivity index (χ3n) is 3.38. The summed E-state index contributed by atoms with van der Waals surface area (Å²) in [6, 6.07) is 5.89. The zero-order chi connectivity index (χ0) is 16.5. The van der Waals surface area contributed by atoms with Crippen LogP contribution in [-0.2, 0) is 5.75 Å². The van der Waals surface area contributed by atoms with Crippen molar-refractivity contribution >= 4 is 44.7 Å². The van der Waals surface area contributed by atoms with Crippen molar-refractivity contribution in [3.8, 4) is 10.4 Å². The minimum absolute atomic E-state index is 0.0908. The summed E-state index contributed by atoms with van der Waals surface area (Å²) >= 11 is 4.64. The molecule has 0 fully saturated rings. The third kappa shape index (κ3) is 3.00. The molecule has 0 aliphatic heterocycles. The normalized spacial score (nSPS) is 11.2. The van der Waals surface area contributed by atoms with Crippen LogP contribution in [-0.4, -0.2) is 19.9 Å². The Morgan fingerprint density at radius 3 is 2.83 bits per heavy atom. The third-order valence-corrected chi connectivity index (χ3v) is 6.17. The van der Waals surface area contributed by atoms with Gasteiger partial charge in [-0.15, -0.1) is 22.7 Å². The van der Waals surface area contributed by atoms with Crippen LogP contribution in [0.25, 0.3) is 20.7 Å². The van der Waals surface area contributed by atoms with Gasteiger partial charge >= 0.3 is 0 Å². The summed E-state index contributed by atoms with van der Waals surface area (Å²) in [4.78, 5) is 31.5. The fourth-order valence-electron chi connectivity index (χ4n) is 2.32. The van der Waals surface area contributed by atoms with E-state index in [0.29, 0.717) is 22.1 Å². The van der Waals surface area contributed by atoms with Crippen LogP contribution >= 0.6 is 34.4 Å². The summed E-state index contributed by atoms with van der Waals surface area (Å²) in [5.74, 6) is 1.17. The lowest BCUT2D eigenvalue weighted by atomic mass is 10.2. The van der Waals surface area contributed by atoms with E-state index < -0.39 is 0 Å². The smallest absolute Gasteiger partial charge is 0.260 e. The van der Waals surface area contributed by atoms with Crippen LogP contribution in [0.5, 0.6) is 0 Å². The van der Waals surface area contributed by atoms with Gasteiger partial charge in [-0.1, -0.05) is 11.8 Å². The molecule has 4 heterocycles. The largest absolute Gasteiger partial charge is 0.309 e. The molecule has 0 saturated carbocycles. The Labute approximate surface area is 149 Å². The van der Waals surface area contributed by atoms with Gasteiger partial charge in [-0.25, -0.2) is 15.0 Å². The quantitative estimate of drug-likeness (QED) is 0.431. The first-order valence-corrected chi connectivity index (χ1v) is 9.86. The van der Waals surface area contributed by atoms with Crippen molar-refractivity contribution in [3.05, 3.63) is 57.0 Å². The maximum Gasteiger partial charge on any atom is 0.260 e. The van der Waals surface area contributed by atoms with Gasteiger partial charge in [-0.2, -0.15) is 0 Å². The SMILES string of the molecule is Cc1ccc(-c2csc3nc(CSc4ncccn4)[nH]c(=O)c23)s1. The average Bonchev–Trinajstić information content (AvgIpc) is 3.20. The van der Waals surface area contributed by atoms with E-state index in [1.807, 2.05) is 5.38 Å². The van der Waals surface area contributed by atoms with Gasteiger partial charge in [0.1, 0.15) is 10.7 Å². The van der Waals surface area contributed by atoms with Gasteiger partial charge in [0.25, 0.3) is 5.56 Å². The number of hydrogen-bond donors (Lipinski definition) is 1. The van der Waals surface area contributed by atoms with Crippen LogP contribution in [0.2, 0.25) is 0 Å². The van der Waals surface area contributed by atoms with Gasteiger partial charge in [0.15, 0.2) is 5.16 Å². The van der Waals surface area contributed by atoms with Crippen LogP contribution in [0.1, 0.15) is 10.7 Å². The molecule has 1 N–H and O–H groups in total. The number of thioether (sulfide) groups is 1. The second-order valence-corrected chi connectivity index (χ2v) is 8.16. The molecule has 8 heteroatoms. The van der Waals surface area contributed by atoms with Crippen molar-refractivity contribution < 1.29 is 0 Å². The Morgan fingerprint density at radius 1 is 1.25 bits per heavy atom. The summed E-state index contributed by atoms with van der Waals surface area (Å²) in [5.41, 5.74) is 0.874. The molecule has 0 aliphatic rings. The lowest BCUT2D eigenvalue weighted by Gasteiger charge is -2.01. The molecule has 0 spiro atoms. The Bertz CT molecular complexity index is 1050. The molecule has 0 aliphatic carbocycles. The van der Waals surface area contributed by atoms with Crippen LogP contribution in [0.4, 0.5) is 0 Å². The first-order valence-electron chi connectivity index (χ1n) is 7.18. The molecule has 0 atom stereocenters. The van der Waals surface area contributed by atoms with E-state index in [9.17, 15) is 4.79 Å². The van der Waals surface area contributed by atoms with Gasteiger partial charge < -0.3 is 4.98 Å². The molecule has 0 saturated heterocycles. The number of aryl methyl sites for hydroxylation is 1. The van der Waals surface area contributed by atoms with Crippen molar-refractivity contribution in [3.63, 3.8) is 0 Å². The molecular weight excluding hydrogens is 360 g/mol. The number of nitrogens with zero attached hydrogens (tertiary/aromatic N) is 3. The molecule has 0 amide bonds. The number of nitrogens with one attached hydrogen (secondary N) is 1. The fourth-order valence-corrected chi connectivity index (χ4v) is 4.91. The highest BCUT2D eigenvalue weighted by Gasteiger charge is 2.14. The van der Waals surface area contributed by atoms with Gasteiger partial charge in [0.2, 0.25) is 0 Å². The molecule has 4 aromatic rings. The van der Waals surface area contributed by atoms with Gasteiger partial charge in [0.05, 0.1) is 11.1 Å². The second kappa shape index (κ2) is 6.46. The van der Waals surface area contributed by atoms with Crippen LogP contribution < -0.4 is 5.56 Å². The molecule has 0 aromatic carbocycles. The highest BCUT2D eigenvalue weighted by atomic mass is 32.2. The number of aromatic nitrogens is 4. The van der Waals surface area contributed by atoms with Gasteiger partial charge in [0, 0.05) is 33.1 Å². The van der Waals surface area contributed by atoms with Gasteiger partial charge in [-0.3, -0.25) is 4.79 Å². The molecule has 0 bridgehead atoms. The van der Waals surface area contributed by atoms with Crippen molar-refractivity contribution in [2.45, 2.75) is 17.8 Å². The lowest BCUT2D eigenvalue weighted by Crippen LogP contribution is -2.10. The molecule has 24 heavy (non-hydrogen) atoms. The van der Waals surface area contributed by atoms with E-state index in [2.05, 4.69) is 39.0 Å². The van der Waals surface area contributed by atoms with E-state index in [1.54, 1.807) is 29.8 Å². The molecule has 120 valence electrons. The number of thiophene rings is 2. The highest BCUT2D eigenvalue weighted by Crippen LogP contribution is 2.35. The van der Waals surface area contributed by atoms with Crippen LogP contribution in [0, 0.1) is 6.92 Å². The molecule has 4 rings (SSSR count). The predicted octanol–water partition coefficient (Wildman–Crippen LogP) is 4.10. The van der Waals surface area contributed by atoms with E-state index in [-0.39, 0.29) is 5.56 Å². The Morgan fingerprint density at radius 2 is 2.08 bits per heavy atom. The van der Waals surface area contributed by atoms with Crippen LogP contribution in [0.15, 0.2) is 45.9 Å². The summed E-state index contributed by atoms with van der Waals surface area (Å²) < 4.78 is 0. The van der Waals surface area contributed by atoms with E-state index >= 15 is 0 Å². The minimum Gasteiger partial charge on any atom is -0.309 e. The molecule has 4 aromatic heterocycles. The number of fused-ring (bicyclic) bond motifs is 1. The first kappa shape index (κ1) is 15.5. The number of aromatic amines is 1. The number of H-pyrrole nitrogens is 1. The number of hydrogen-bond acceptors (Lipinski definition) is 7. The van der Waals surface area contributed by atoms with Crippen molar-refractivity contribution in [1.29, 1.82) is 0 Å². The molecule has 0 radical (unpaired) electrons. The summed E-state index contributed by atoms with van der Waals surface area (Å²) in [6.07, 6.45) is 3.40. The van der Waals surface area contributed by atoms with Gasteiger partial charge in [-0.05, 0) is 25.1 Å². The lowest BCUT2D eigenvalue weighted by molar-refractivity contribution is 0.959. The van der Waals surface area contributed by atoms with Crippen molar-refractivity contribution in [2.24, 2.45) is 0 Å². The van der Waals surface area contributed by atoms with Crippen LogP contribution in [0.3, 0.4) is 0 Å². The zero-order valence-electron chi connectivity index (χ0n) is 12.6. The van der Waals surface area contributed by atoms with E-state index in [0.717, 1.165) is 15.3 Å². The van der Waals surface area contributed by atoms with Crippen molar-refractivity contribution in [2.75, 3.05) is 0 Å². The van der Waals surface area contributed by atoms with Crippen molar-refractivity contribution in [1.82, 2.24) is 19.9 Å². The summed E-state index contributed by atoms with van der Waals surface area (Å²) in [6.45, 7) is 2.06. The predicted molar refractivity (Wildman–Crippen MR) is 99.9 cm³/mol. The zero-order valence-corrected chi connectivity index (χ0v) is 15.1. The van der Waals surface area contributed by atoms with E-state index in [4.69, 9.17) is 0 Å². The highest BCUT2D eigenvalue weighted by molar-refractivity contribution is 7.98. The standard InChI is InChI=1S/C16H12N4OS3/c1-9-3-4-11(24-9)10-7-22-15-13(10)14(21)19-12(20-15)8-23-16-17-5-2-6-18-16/h2-7H,8H2,1H3,(H,19,20,21).